The molecule has 0 atom stereocenters. The second kappa shape index (κ2) is 8.14. The maximum absolute atomic E-state index is 12.9. The molecule has 1 fully saturated rings. The summed E-state index contributed by atoms with van der Waals surface area (Å²) in [5.41, 5.74) is 1.65. The lowest BCUT2D eigenvalue weighted by Gasteiger charge is -2.29. The number of nitrogens with zero attached hydrogens (tertiary/aromatic N) is 1. The molecule has 0 amide bonds. The molecule has 1 N–H and O–H groups in total. The smallest absolute Gasteiger partial charge is 0.216 e. The number of halogens is 1. The Morgan fingerprint density at radius 3 is 2.42 bits per heavy atom. The summed E-state index contributed by atoms with van der Waals surface area (Å²) in [6.07, 6.45) is 4.82. The van der Waals surface area contributed by atoms with Crippen LogP contribution in [0.2, 0.25) is 0 Å². The van der Waals surface area contributed by atoms with Crippen molar-refractivity contribution in [3.63, 3.8) is 0 Å². The molecule has 0 aliphatic heterocycles. The van der Waals surface area contributed by atoms with Crippen molar-refractivity contribution in [2.75, 3.05) is 0 Å². The number of sulfonamides is 1. The van der Waals surface area contributed by atoms with E-state index in [-0.39, 0.29) is 23.7 Å². The highest BCUT2D eigenvalue weighted by Crippen LogP contribution is 2.23. The van der Waals surface area contributed by atoms with Gasteiger partial charge in [0.15, 0.2) is 0 Å². The summed E-state index contributed by atoms with van der Waals surface area (Å²) < 4.78 is 46.2. The molecule has 0 unspecified atom stereocenters. The van der Waals surface area contributed by atoms with E-state index in [2.05, 4.69) is 9.71 Å². The van der Waals surface area contributed by atoms with Gasteiger partial charge in [0, 0.05) is 18.3 Å². The molecule has 1 aliphatic rings. The molecule has 1 aliphatic carbocycles. The predicted octanol–water partition coefficient (Wildman–Crippen LogP) is 3.34. The number of pyridine rings is 1. The highest BCUT2D eigenvalue weighted by atomic mass is 32.2. The zero-order chi connectivity index (χ0) is 18.6. The molecule has 26 heavy (non-hydrogen) atoms. The molecule has 0 bridgehead atoms. The molecule has 140 valence electrons. The van der Waals surface area contributed by atoms with Gasteiger partial charge in [0.25, 0.3) is 0 Å². The van der Waals surface area contributed by atoms with Crippen molar-refractivity contribution in [2.45, 2.75) is 50.5 Å². The van der Waals surface area contributed by atoms with Crippen LogP contribution < -0.4 is 9.46 Å². The number of aryl methyl sites for hydroxylation is 1. The number of benzene rings is 1. The van der Waals surface area contributed by atoms with E-state index in [4.69, 9.17) is 4.74 Å². The van der Waals surface area contributed by atoms with E-state index >= 15 is 0 Å². The van der Waals surface area contributed by atoms with Crippen LogP contribution >= 0.6 is 0 Å². The molecule has 0 spiro atoms. The van der Waals surface area contributed by atoms with Crippen LogP contribution in [0.5, 0.6) is 5.88 Å². The molecule has 2 aromatic rings. The van der Waals surface area contributed by atoms with Crippen molar-refractivity contribution < 1.29 is 17.5 Å². The fraction of sp³-hybridized carbons (Fsp3) is 0.421. The second-order valence-electron chi connectivity index (χ2n) is 6.77. The van der Waals surface area contributed by atoms with Gasteiger partial charge < -0.3 is 4.74 Å². The monoisotopic (exact) mass is 378 g/mol. The van der Waals surface area contributed by atoms with E-state index < -0.39 is 10.0 Å². The molecule has 1 aromatic heterocycles. The van der Waals surface area contributed by atoms with Crippen LogP contribution in [-0.4, -0.2) is 25.5 Å². The maximum Gasteiger partial charge on any atom is 0.216 e. The molecule has 1 aromatic carbocycles. The van der Waals surface area contributed by atoms with Crippen molar-refractivity contribution in [1.82, 2.24) is 9.71 Å². The number of rotatable bonds is 6. The predicted molar refractivity (Wildman–Crippen MR) is 97.8 cm³/mol. The minimum absolute atomic E-state index is 0.0584. The van der Waals surface area contributed by atoms with Crippen molar-refractivity contribution >= 4 is 10.0 Å². The first-order chi connectivity index (χ1) is 12.4. The Morgan fingerprint density at radius 1 is 1.12 bits per heavy atom. The fourth-order valence-corrected chi connectivity index (χ4v) is 4.55. The topological polar surface area (TPSA) is 68.3 Å². The quantitative estimate of drug-likeness (QED) is 0.837. The molecule has 5 nitrogen and oxygen atoms in total. The van der Waals surface area contributed by atoms with Crippen molar-refractivity contribution in [3.8, 4) is 5.88 Å². The van der Waals surface area contributed by atoms with Gasteiger partial charge in [0.2, 0.25) is 15.9 Å². The van der Waals surface area contributed by atoms with Gasteiger partial charge in [-0.2, -0.15) is 0 Å². The first kappa shape index (κ1) is 18.8. The summed E-state index contributed by atoms with van der Waals surface area (Å²) in [6, 6.07) is 9.25. The molecule has 1 heterocycles. The van der Waals surface area contributed by atoms with Gasteiger partial charge in [-0.15, -0.1) is 0 Å². The number of hydrogen-bond acceptors (Lipinski definition) is 4. The number of ether oxygens (including phenoxy) is 1. The van der Waals surface area contributed by atoms with Crippen LogP contribution in [0.1, 0.15) is 36.8 Å². The minimum atomic E-state index is -3.45. The van der Waals surface area contributed by atoms with E-state index in [0.717, 1.165) is 31.2 Å². The summed E-state index contributed by atoms with van der Waals surface area (Å²) in [5.74, 6) is 0.0909. The highest BCUT2D eigenvalue weighted by molar-refractivity contribution is 7.88. The molecule has 1 saturated carbocycles. The van der Waals surface area contributed by atoms with Crippen LogP contribution in [-0.2, 0) is 15.8 Å². The summed E-state index contributed by atoms with van der Waals surface area (Å²) in [4.78, 5) is 4.24. The minimum Gasteiger partial charge on any atom is -0.474 e. The van der Waals surface area contributed by atoms with Crippen molar-refractivity contribution in [2.24, 2.45) is 0 Å². The van der Waals surface area contributed by atoms with E-state index in [1.807, 2.05) is 19.1 Å². The molecule has 7 heteroatoms. The largest absolute Gasteiger partial charge is 0.474 e. The highest BCUT2D eigenvalue weighted by Gasteiger charge is 2.26. The summed E-state index contributed by atoms with van der Waals surface area (Å²) in [5, 5.41) is 0. The first-order valence-corrected chi connectivity index (χ1v) is 10.4. The summed E-state index contributed by atoms with van der Waals surface area (Å²) in [7, 11) is -3.45. The average Bonchev–Trinajstić information content (AvgIpc) is 2.60. The van der Waals surface area contributed by atoms with E-state index in [9.17, 15) is 12.8 Å². The van der Waals surface area contributed by atoms with Gasteiger partial charge in [0.05, 0.1) is 5.75 Å². The number of hydrogen-bond donors (Lipinski definition) is 1. The van der Waals surface area contributed by atoms with Crippen LogP contribution in [0, 0.1) is 12.7 Å². The first-order valence-electron chi connectivity index (χ1n) is 8.73. The Morgan fingerprint density at radius 2 is 1.81 bits per heavy atom. The normalized spacial score (nSPS) is 20.7. The number of aromatic nitrogens is 1. The zero-order valence-electron chi connectivity index (χ0n) is 14.7. The van der Waals surface area contributed by atoms with Crippen LogP contribution in [0.4, 0.5) is 4.39 Å². The lowest BCUT2D eigenvalue weighted by atomic mass is 9.94. The third kappa shape index (κ3) is 5.51. The van der Waals surface area contributed by atoms with Crippen LogP contribution in [0.3, 0.4) is 0 Å². The molecule has 3 rings (SSSR count). The van der Waals surface area contributed by atoms with Crippen molar-refractivity contribution in [1.29, 1.82) is 0 Å². The second-order valence-corrected chi connectivity index (χ2v) is 8.52. The summed E-state index contributed by atoms with van der Waals surface area (Å²) >= 11 is 0. The SMILES string of the molecule is Cc1ccc(OC2CCC(NS(=O)(=O)Cc3ccc(F)cc3)CC2)nc1. The van der Waals surface area contributed by atoms with E-state index in [0.29, 0.717) is 11.4 Å². The average molecular weight is 378 g/mol. The zero-order valence-corrected chi connectivity index (χ0v) is 15.5. The van der Waals surface area contributed by atoms with Gasteiger partial charge >= 0.3 is 0 Å². The van der Waals surface area contributed by atoms with Crippen LogP contribution in [0.25, 0.3) is 0 Å². The van der Waals surface area contributed by atoms with Gasteiger partial charge in [-0.3, -0.25) is 0 Å². The Balaban J connectivity index is 1.48. The molecule has 0 saturated heterocycles. The third-order valence-corrected chi connectivity index (χ3v) is 5.87. The number of nitrogens with one attached hydrogen (secondary N) is 1. The van der Waals surface area contributed by atoms with E-state index in [1.165, 1.54) is 24.3 Å². The van der Waals surface area contributed by atoms with Gasteiger partial charge in [-0.1, -0.05) is 18.2 Å². The Hall–Kier alpha value is -1.99. The van der Waals surface area contributed by atoms with Crippen LogP contribution in [0.15, 0.2) is 42.6 Å². The fourth-order valence-electron chi connectivity index (χ4n) is 3.09. The maximum atomic E-state index is 12.9. The van der Waals surface area contributed by atoms with Gasteiger partial charge in [-0.05, 0) is 55.9 Å². The van der Waals surface area contributed by atoms with Crippen molar-refractivity contribution in [3.05, 3.63) is 59.5 Å². The van der Waals surface area contributed by atoms with Gasteiger partial charge in [-0.25, -0.2) is 22.5 Å². The Labute approximate surface area is 153 Å². The molecular formula is C19H23FN2O3S. The summed E-state index contributed by atoms with van der Waals surface area (Å²) in [6.45, 7) is 1.97. The lowest BCUT2D eigenvalue weighted by Crippen LogP contribution is -2.40. The molecular weight excluding hydrogens is 355 g/mol. The lowest BCUT2D eigenvalue weighted by molar-refractivity contribution is 0.138. The standard InChI is InChI=1S/C19H23FN2O3S/c1-14-2-11-19(21-12-14)25-18-9-7-17(8-10-18)22-26(23,24)13-15-3-5-16(20)6-4-15/h2-6,11-12,17-18,22H,7-10,13H2,1H3. The van der Waals surface area contributed by atoms with E-state index in [1.54, 1.807) is 6.20 Å². The Kier molecular flexibility index (Phi) is 5.88. The Bertz CT molecular complexity index is 815. The third-order valence-electron chi connectivity index (χ3n) is 4.46. The van der Waals surface area contributed by atoms with Gasteiger partial charge in [0.1, 0.15) is 11.9 Å². The molecule has 0 radical (unpaired) electrons.